The van der Waals surface area contributed by atoms with E-state index in [1.54, 1.807) is 18.7 Å². The first kappa shape index (κ1) is 16.8. The van der Waals surface area contributed by atoms with Crippen LogP contribution in [0.3, 0.4) is 0 Å². The number of carbonyl (C=O) groups is 1. The van der Waals surface area contributed by atoms with Crippen LogP contribution in [0.15, 0.2) is 31.0 Å². The molecule has 0 spiro atoms. The summed E-state index contributed by atoms with van der Waals surface area (Å²) in [4.78, 5) is 31.3. The Balaban J connectivity index is 1.54. The van der Waals surface area contributed by atoms with Crippen molar-refractivity contribution in [1.29, 1.82) is 0 Å². The predicted molar refractivity (Wildman–Crippen MR) is 98.8 cm³/mol. The van der Waals surface area contributed by atoms with E-state index in [4.69, 9.17) is 0 Å². The van der Waals surface area contributed by atoms with Gasteiger partial charge in [0, 0.05) is 44.1 Å². The normalized spacial score (nSPS) is 18.0. The molecule has 0 bridgehead atoms. The summed E-state index contributed by atoms with van der Waals surface area (Å²) in [6, 6.07) is 1.86. The molecule has 0 aliphatic carbocycles. The van der Waals surface area contributed by atoms with Crippen molar-refractivity contribution in [3.63, 3.8) is 0 Å². The van der Waals surface area contributed by atoms with Crippen molar-refractivity contribution in [3.8, 4) is 0 Å². The molecule has 26 heavy (non-hydrogen) atoms. The Morgan fingerprint density at radius 1 is 1.35 bits per heavy atom. The fourth-order valence-electron chi connectivity index (χ4n) is 3.66. The number of imidazole rings is 2. The number of hydrogen-bond donors (Lipinski definition) is 1. The Hall–Kier alpha value is -2.70. The fraction of sp³-hybridized carbons (Fsp3) is 0.474. The summed E-state index contributed by atoms with van der Waals surface area (Å²) in [6.45, 7) is 6.65. The van der Waals surface area contributed by atoms with Gasteiger partial charge < -0.3 is 14.5 Å². The van der Waals surface area contributed by atoms with E-state index in [9.17, 15) is 4.79 Å². The molecule has 1 atom stereocenters. The lowest BCUT2D eigenvalue weighted by atomic mass is 9.97. The minimum absolute atomic E-state index is 0.0223. The monoisotopic (exact) mass is 352 g/mol. The Kier molecular flexibility index (Phi) is 4.44. The molecule has 7 heteroatoms. The van der Waals surface area contributed by atoms with Gasteiger partial charge in [0.1, 0.15) is 11.3 Å². The van der Waals surface area contributed by atoms with Gasteiger partial charge in [-0.2, -0.15) is 0 Å². The quantitative estimate of drug-likeness (QED) is 0.783. The number of aromatic amines is 1. The molecule has 1 N–H and O–H groups in total. The number of hydrogen-bond acceptors (Lipinski definition) is 4. The maximum absolute atomic E-state index is 13.0. The van der Waals surface area contributed by atoms with Gasteiger partial charge in [-0.3, -0.25) is 4.79 Å². The molecule has 1 saturated heterocycles. The predicted octanol–water partition coefficient (Wildman–Crippen LogP) is 2.83. The summed E-state index contributed by atoms with van der Waals surface area (Å²) in [5.74, 6) is 1.77. The Bertz CT molecular complexity index is 898. The highest BCUT2D eigenvalue weighted by Crippen LogP contribution is 2.25. The minimum Gasteiger partial charge on any atom is -0.348 e. The fourth-order valence-corrected chi connectivity index (χ4v) is 3.66. The Labute approximate surface area is 152 Å². The van der Waals surface area contributed by atoms with Gasteiger partial charge in [0.15, 0.2) is 5.65 Å². The number of fused-ring (bicyclic) bond motifs is 1. The summed E-state index contributed by atoms with van der Waals surface area (Å²) < 4.78 is 2.04. The van der Waals surface area contributed by atoms with E-state index in [1.165, 1.54) is 0 Å². The lowest BCUT2D eigenvalue weighted by Gasteiger charge is -2.31. The molecule has 1 aliphatic heterocycles. The van der Waals surface area contributed by atoms with E-state index >= 15 is 0 Å². The number of nitrogens with one attached hydrogen (secondary N) is 1. The van der Waals surface area contributed by atoms with Gasteiger partial charge >= 0.3 is 0 Å². The zero-order valence-electron chi connectivity index (χ0n) is 15.2. The van der Waals surface area contributed by atoms with Crippen molar-refractivity contribution in [1.82, 2.24) is 29.4 Å². The number of carbonyl (C=O) groups excluding carboxylic acids is 1. The molecular weight excluding hydrogens is 328 g/mol. The average molecular weight is 352 g/mol. The standard InChI is InChI=1S/C19H24N6O/c1-13(2)10-25-12-23-16-8-15(9-22-18(16)25)19(26)24-7-3-4-14(11-24)17-20-5-6-21-17/h5-6,8-9,12-14H,3-4,7,10-11H2,1-2H3,(H,20,21). The van der Waals surface area contributed by atoms with Crippen molar-refractivity contribution in [3.05, 3.63) is 42.4 Å². The molecule has 1 fully saturated rings. The molecule has 3 aromatic rings. The second kappa shape index (κ2) is 6.90. The van der Waals surface area contributed by atoms with Crippen LogP contribution in [0, 0.1) is 5.92 Å². The molecule has 136 valence electrons. The average Bonchev–Trinajstić information content (AvgIpc) is 3.31. The van der Waals surface area contributed by atoms with Crippen LogP contribution in [-0.2, 0) is 6.54 Å². The van der Waals surface area contributed by atoms with Crippen LogP contribution in [0.1, 0.15) is 48.8 Å². The lowest BCUT2D eigenvalue weighted by Crippen LogP contribution is -2.39. The summed E-state index contributed by atoms with van der Waals surface area (Å²) >= 11 is 0. The number of amides is 1. The van der Waals surface area contributed by atoms with E-state index < -0.39 is 0 Å². The van der Waals surface area contributed by atoms with Crippen LogP contribution in [0.25, 0.3) is 11.2 Å². The van der Waals surface area contributed by atoms with Crippen LogP contribution in [0.4, 0.5) is 0 Å². The van der Waals surface area contributed by atoms with Crippen molar-refractivity contribution in [2.75, 3.05) is 13.1 Å². The third-order valence-electron chi connectivity index (χ3n) is 4.88. The molecule has 1 aliphatic rings. The first-order chi connectivity index (χ1) is 12.6. The van der Waals surface area contributed by atoms with Crippen molar-refractivity contribution in [2.45, 2.75) is 39.2 Å². The van der Waals surface area contributed by atoms with E-state index in [0.29, 0.717) is 18.0 Å². The van der Waals surface area contributed by atoms with Crippen molar-refractivity contribution < 1.29 is 4.79 Å². The second-order valence-electron chi connectivity index (χ2n) is 7.42. The highest BCUT2D eigenvalue weighted by molar-refractivity contribution is 5.96. The largest absolute Gasteiger partial charge is 0.348 e. The zero-order valence-corrected chi connectivity index (χ0v) is 15.2. The van der Waals surface area contributed by atoms with Gasteiger partial charge in [0.25, 0.3) is 5.91 Å². The van der Waals surface area contributed by atoms with Crippen LogP contribution in [0.5, 0.6) is 0 Å². The van der Waals surface area contributed by atoms with Crippen molar-refractivity contribution >= 4 is 17.1 Å². The summed E-state index contributed by atoms with van der Waals surface area (Å²) in [5.41, 5.74) is 2.21. The molecule has 1 amide bonds. The molecule has 0 aromatic carbocycles. The molecule has 4 rings (SSSR count). The zero-order chi connectivity index (χ0) is 18.1. The highest BCUT2D eigenvalue weighted by atomic mass is 16.2. The highest BCUT2D eigenvalue weighted by Gasteiger charge is 2.27. The van der Waals surface area contributed by atoms with Gasteiger partial charge in [0.05, 0.1) is 11.9 Å². The molecule has 1 unspecified atom stereocenters. The van der Waals surface area contributed by atoms with Gasteiger partial charge in [-0.05, 0) is 24.8 Å². The van der Waals surface area contributed by atoms with Crippen LogP contribution in [0.2, 0.25) is 0 Å². The first-order valence-corrected chi connectivity index (χ1v) is 9.21. The van der Waals surface area contributed by atoms with Gasteiger partial charge in [0.2, 0.25) is 0 Å². The third-order valence-corrected chi connectivity index (χ3v) is 4.88. The van der Waals surface area contributed by atoms with E-state index in [0.717, 1.165) is 42.9 Å². The molecule has 3 aromatic heterocycles. The summed E-state index contributed by atoms with van der Waals surface area (Å²) in [7, 11) is 0. The minimum atomic E-state index is 0.0223. The number of piperidine rings is 1. The molecule has 7 nitrogen and oxygen atoms in total. The van der Waals surface area contributed by atoms with Crippen LogP contribution in [-0.4, -0.2) is 48.4 Å². The molecule has 4 heterocycles. The SMILES string of the molecule is CC(C)Cn1cnc2cc(C(=O)N3CCCC(c4ncc[nH]4)C3)cnc21. The first-order valence-electron chi connectivity index (χ1n) is 9.21. The van der Waals surface area contributed by atoms with Crippen molar-refractivity contribution in [2.24, 2.45) is 5.92 Å². The van der Waals surface area contributed by atoms with Crippen LogP contribution >= 0.6 is 0 Å². The number of pyridine rings is 1. The number of likely N-dealkylation sites (tertiary alicyclic amines) is 1. The Morgan fingerprint density at radius 3 is 3.00 bits per heavy atom. The second-order valence-corrected chi connectivity index (χ2v) is 7.42. The number of rotatable bonds is 4. The van der Waals surface area contributed by atoms with Gasteiger partial charge in [-0.15, -0.1) is 0 Å². The number of H-pyrrole nitrogens is 1. The number of nitrogens with zero attached hydrogens (tertiary/aromatic N) is 5. The summed E-state index contributed by atoms with van der Waals surface area (Å²) in [6.07, 6.45) is 9.12. The van der Waals surface area contributed by atoms with E-state index in [-0.39, 0.29) is 11.8 Å². The van der Waals surface area contributed by atoms with Gasteiger partial charge in [-0.1, -0.05) is 13.8 Å². The van der Waals surface area contributed by atoms with E-state index in [2.05, 4.69) is 33.8 Å². The van der Waals surface area contributed by atoms with E-state index in [1.807, 2.05) is 21.7 Å². The Morgan fingerprint density at radius 2 is 2.23 bits per heavy atom. The maximum atomic E-state index is 13.0. The lowest BCUT2D eigenvalue weighted by molar-refractivity contribution is 0.0704. The maximum Gasteiger partial charge on any atom is 0.255 e. The molecule has 0 saturated carbocycles. The summed E-state index contributed by atoms with van der Waals surface area (Å²) in [5, 5.41) is 0. The van der Waals surface area contributed by atoms with Crippen LogP contribution < -0.4 is 0 Å². The third kappa shape index (κ3) is 3.21. The van der Waals surface area contributed by atoms with Gasteiger partial charge in [-0.25, -0.2) is 15.0 Å². The number of aromatic nitrogens is 5. The molecule has 0 radical (unpaired) electrons. The smallest absolute Gasteiger partial charge is 0.255 e. The topological polar surface area (TPSA) is 79.7 Å². The molecular formula is C19H24N6O.